The van der Waals surface area contributed by atoms with E-state index in [0.717, 1.165) is 30.4 Å². The fraction of sp³-hybridized carbons (Fsp3) is 0.682. The number of thioether (sulfide) groups is 1. The molecule has 1 N–H and O–H groups in total. The Hall–Kier alpha value is -2.20. The highest BCUT2D eigenvalue weighted by atomic mass is 32.2. The number of hydrogen-bond acceptors (Lipinski definition) is 7. The van der Waals surface area contributed by atoms with E-state index in [1.54, 1.807) is 6.92 Å². The second-order valence-corrected chi connectivity index (χ2v) is 10.0. The summed E-state index contributed by atoms with van der Waals surface area (Å²) in [5, 5.41) is 3.19. The third kappa shape index (κ3) is 5.40. The van der Waals surface area contributed by atoms with Crippen molar-refractivity contribution in [2.45, 2.75) is 76.3 Å². The quantitative estimate of drug-likeness (QED) is 0.447. The van der Waals surface area contributed by atoms with Crippen LogP contribution in [-0.4, -0.2) is 49.5 Å². The topological polar surface area (TPSA) is 108 Å². The molecule has 1 fully saturated rings. The van der Waals surface area contributed by atoms with Crippen LogP contribution in [0.25, 0.3) is 11.0 Å². The Balaban J connectivity index is 2.00. The van der Waals surface area contributed by atoms with Crippen molar-refractivity contribution >= 4 is 28.7 Å². The molecule has 1 saturated heterocycles. The second-order valence-electron chi connectivity index (χ2n) is 8.68. The highest BCUT2D eigenvalue weighted by molar-refractivity contribution is 8.00. The van der Waals surface area contributed by atoms with E-state index >= 15 is 0 Å². The van der Waals surface area contributed by atoms with Crippen molar-refractivity contribution in [3.05, 3.63) is 26.7 Å². The van der Waals surface area contributed by atoms with Gasteiger partial charge in [-0.15, -0.1) is 0 Å². The lowest BCUT2D eigenvalue weighted by Gasteiger charge is -2.17. The van der Waals surface area contributed by atoms with Crippen LogP contribution in [0, 0.1) is 5.92 Å². The van der Waals surface area contributed by atoms with Gasteiger partial charge in [-0.25, -0.2) is 14.8 Å². The van der Waals surface area contributed by atoms with Crippen molar-refractivity contribution in [3.63, 3.8) is 0 Å². The molecule has 2 aromatic heterocycles. The lowest BCUT2D eigenvalue weighted by Crippen LogP contribution is -2.39. The smallest absolute Gasteiger partial charge is 0.332 e. The number of amides is 1. The summed E-state index contributed by atoms with van der Waals surface area (Å²) in [7, 11) is 1.46. The van der Waals surface area contributed by atoms with Gasteiger partial charge in [0.1, 0.15) is 16.2 Å². The van der Waals surface area contributed by atoms with Crippen LogP contribution in [0.5, 0.6) is 0 Å². The molecule has 32 heavy (non-hydrogen) atoms. The molecule has 2 aromatic rings. The number of nitrogens with zero attached hydrogens (tertiary/aromatic N) is 4. The average Bonchev–Trinajstić information content (AvgIpc) is 3.26. The zero-order valence-electron chi connectivity index (χ0n) is 19.5. The molecule has 176 valence electrons. The van der Waals surface area contributed by atoms with Gasteiger partial charge in [0.25, 0.3) is 5.56 Å². The molecule has 0 saturated carbocycles. The number of carbonyl (C=O) groups is 1. The number of fused-ring (bicyclic) bond motifs is 1. The van der Waals surface area contributed by atoms with Gasteiger partial charge in [0.2, 0.25) is 5.91 Å². The predicted octanol–water partition coefficient (Wildman–Crippen LogP) is 1.87. The molecule has 2 atom stereocenters. The van der Waals surface area contributed by atoms with Gasteiger partial charge in [0.15, 0.2) is 5.65 Å². The lowest BCUT2D eigenvalue weighted by atomic mass is 10.1. The summed E-state index contributed by atoms with van der Waals surface area (Å²) < 4.78 is 8.20. The van der Waals surface area contributed by atoms with Gasteiger partial charge in [-0.2, -0.15) is 0 Å². The van der Waals surface area contributed by atoms with Crippen molar-refractivity contribution in [2.24, 2.45) is 13.0 Å². The highest BCUT2D eigenvalue weighted by Crippen LogP contribution is 2.27. The normalized spacial score (nSPS) is 17.2. The fourth-order valence-electron chi connectivity index (χ4n) is 3.73. The molecule has 9 nitrogen and oxygen atoms in total. The number of rotatable bonds is 9. The Kier molecular flexibility index (Phi) is 8.10. The Morgan fingerprint density at radius 3 is 2.66 bits per heavy atom. The molecule has 3 rings (SSSR count). The van der Waals surface area contributed by atoms with E-state index < -0.39 is 16.5 Å². The van der Waals surface area contributed by atoms with E-state index in [1.807, 2.05) is 6.92 Å². The van der Waals surface area contributed by atoms with Crippen molar-refractivity contribution in [3.8, 4) is 0 Å². The first kappa shape index (κ1) is 24.4. The van der Waals surface area contributed by atoms with Gasteiger partial charge in [-0.3, -0.25) is 18.7 Å². The number of nitrogens with one attached hydrogen (secondary N) is 1. The lowest BCUT2D eigenvalue weighted by molar-refractivity contribution is -0.120. The minimum absolute atomic E-state index is 0.0597. The van der Waals surface area contributed by atoms with Gasteiger partial charge in [-0.1, -0.05) is 32.5 Å². The summed E-state index contributed by atoms with van der Waals surface area (Å²) in [5.74, 6) is 0.733. The van der Waals surface area contributed by atoms with E-state index in [1.165, 1.54) is 23.4 Å². The molecule has 0 unspecified atom stereocenters. The van der Waals surface area contributed by atoms with Crippen molar-refractivity contribution in [2.75, 3.05) is 13.2 Å². The highest BCUT2D eigenvalue weighted by Gasteiger charge is 2.24. The molecule has 0 spiro atoms. The standard InChI is InChI=1S/C22H33N5O4S/c1-6-9-27-18-17(21(29)26(5)22(27)30)20(25-16(24-18)11-13(2)3)32-14(4)19(28)23-12-15-8-7-10-31-15/h13-15H,6-12H2,1-5H3,(H,23,28)/t14-,15-/m0/s1. The molecule has 0 aromatic carbocycles. The summed E-state index contributed by atoms with van der Waals surface area (Å²) in [5.41, 5.74) is -0.486. The third-order valence-corrected chi connectivity index (χ3v) is 6.50. The molecule has 0 bridgehead atoms. The van der Waals surface area contributed by atoms with Crippen molar-refractivity contribution in [1.29, 1.82) is 0 Å². The zero-order chi connectivity index (χ0) is 23.4. The molecule has 3 heterocycles. The van der Waals surface area contributed by atoms with E-state index in [0.29, 0.717) is 41.9 Å². The van der Waals surface area contributed by atoms with Crippen LogP contribution in [0.3, 0.4) is 0 Å². The molecule has 0 aliphatic carbocycles. The maximum absolute atomic E-state index is 13.1. The summed E-state index contributed by atoms with van der Waals surface area (Å²) >= 11 is 1.23. The van der Waals surface area contributed by atoms with E-state index in [-0.39, 0.29) is 17.4 Å². The molecule has 1 amide bonds. The average molecular weight is 464 g/mol. The number of ether oxygens (including phenoxy) is 1. The van der Waals surface area contributed by atoms with E-state index in [4.69, 9.17) is 4.74 Å². The summed E-state index contributed by atoms with van der Waals surface area (Å²) in [6, 6.07) is 0. The molecule has 0 radical (unpaired) electrons. The summed E-state index contributed by atoms with van der Waals surface area (Å²) in [6.07, 6.45) is 3.35. The van der Waals surface area contributed by atoms with Gasteiger partial charge in [0, 0.05) is 33.2 Å². The van der Waals surface area contributed by atoms with Gasteiger partial charge in [0.05, 0.1) is 11.4 Å². The van der Waals surface area contributed by atoms with Gasteiger partial charge >= 0.3 is 5.69 Å². The largest absolute Gasteiger partial charge is 0.376 e. The number of aromatic nitrogens is 4. The molecular weight excluding hydrogens is 430 g/mol. The molecule has 10 heteroatoms. The van der Waals surface area contributed by atoms with Gasteiger partial charge in [-0.05, 0) is 32.1 Å². The second kappa shape index (κ2) is 10.6. The Bertz CT molecular complexity index is 1090. The number of aryl methyl sites for hydroxylation is 1. The Morgan fingerprint density at radius 2 is 2.03 bits per heavy atom. The Morgan fingerprint density at radius 1 is 1.28 bits per heavy atom. The van der Waals surface area contributed by atoms with Crippen LogP contribution in [0.1, 0.15) is 52.8 Å². The van der Waals surface area contributed by atoms with Crippen LogP contribution in [-0.2, 0) is 29.5 Å². The van der Waals surface area contributed by atoms with Crippen LogP contribution in [0.4, 0.5) is 0 Å². The Labute approximate surface area is 192 Å². The minimum Gasteiger partial charge on any atom is -0.376 e. The first-order valence-corrected chi connectivity index (χ1v) is 12.2. The zero-order valence-corrected chi connectivity index (χ0v) is 20.3. The third-order valence-electron chi connectivity index (χ3n) is 5.42. The van der Waals surface area contributed by atoms with Crippen LogP contribution < -0.4 is 16.6 Å². The van der Waals surface area contributed by atoms with Crippen LogP contribution in [0.2, 0.25) is 0 Å². The van der Waals surface area contributed by atoms with E-state index in [2.05, 4.69) is 29.1 Å². The first-order chi connectivity index (χ1) is 15.2. The van der Waals surface area contributed by atoms with Crippen LogP contribution in [0.15, 0.2) is 14.6 Å². The maximum Gasteiger partial charge on any atom is 0.332 e. The van der Waals surface area contributed by atoms with Crippen molar-refractivity contribution < 1.29 is 9.53 Å². The number of carbonyl (C=O) groups excluding carboxylic acids is 1. The molecular formula is C22H33N5O4S. The van der Waals surface area contributed by atoms with Crippen LogP contribution >= 0.6 is 11.8 Å². The molecule has 1 aliphatic heterocycles. The number of hydrogen-bond donors (Lipinski definition) is 1. The fourth-order valence-corrected chi connectivity index (χ4v) is 4.71. The van der Waals surface area contributed by atoms with E-state index in [9.17, 15) is 14.4 Å². The monoisotopic (exact) mass is 463 g/mol. The first-order valence-electron chi connectivity index (χ1n) is 11.3. The SMILES string of the molecule is CCCn1c(=O)n(C)c(=O)c2c(S[C@@H](C)C(=O)NC[C@@H]3CCCO3)nc(CC(C)C)nc21. The summed E-state index contributed by atoms with van der Waals surface area (Å²) in [6.45, 7) is 9.54. The summed E-state index contributed by atoms with van der Waals surface area (Å²) in [4.78, 5) is 47.8. The van der Waals surface area contributed by atoms with Crippen molar-refractivity contribution in [1.82, 2.24) is 24.4 Å². The maximum atomic E-state index is 13.1. The predicted molar refractivity (Wildman–Crippen MR) is 125 cm³/mol. The molecule has 1 aliphatic rings. The van der Waals surface area contributed by atoms with Gasteiger partial charge < -0.3 is 10.1 Å². The minimum atomic E-state index is -0.474.